The highest BCUT2D eigenvalue weighted by molar-refractivity contribution is 7.99. The van der Waals surface area contributed by atoms with Gasteiger partial charge in [-0.3, -0.25) is 4.79 Å². The lowest BCUT2D eigenvalue weighted by Gasteiger charge is -2.50. The third-order valence-corrected chi connectivity index (χ3v) is 12.6. The van der Waals surface area contributed by atoms with E-state index >= 15 is 0 Å². The lowest BCUT2D eigenvalue weighted by atomic mass is 9.55. The van der Waals surface area contributed by atoms with Crippen LogP contribution >= 0.6 is 11.8 Å². The minimum atomic E-state index is -5.68. The number of alkyl halides is 8. The van der Waals surface area contributed by atoms with Gasteiger partial charge in [-0.2, -0.15) is 55.3 Å². The molecule has 4 rings (SSSR count). The second-order valence-corrected chi connectivity index (χ2v) is 16.8. The average molecular weight is 767 g/mol. The zero-order chi connectivity index (χ0) is 37.4. The highest BCUT2D eigenvalue weighted by Crippen LogP contribution is 2.61. The van der Waals surface area contributed by atoms with Crippen molar-refractivity contribution >= 4 is 27.8 Å². The SMILES string of the molecule is CC(=O)OC1CCC2C3CCc4cc(OS(=O)(=O)C(F)(F)F)ccc4C3CCC12C.CCCCCCCCCSCCCC(F)(F)C(F)(F)F. The van der Waals surface area contributed by atoms with Crippen molar-refractivity contribution in [2.45, 2.75) is 147 Å². The van der Waals surface area contributed by atoms with Crippen LogP contribution < -0.4 is 4.18 Å². The number of benzene rings is 1. The second kappa shape index (κ2) is 17.8. The second-order valence-electron chi connectivity index (χ2n) is 14.0. The largest absolute Gasteiger partial charge is 0.534 e. The zero-order valence-corrected chi connectivity index (χ0v) is 30.6. The van der Waals surface area contributed by atoms with Crippen LogP contribution in [-0.4, -0.2) is 49.6 Å². The Morgan fingerprint density at radius 3 is 2.16 bits per heavy atom. The van der Waals surface area contributed by atoms with Gasteiger partial charge in [-0.15, -0.1) is 0 Å². The fourth-order valence-electron chi connectivity index (χ4n) is 7.93. The van der Waals surface area contributed by atoms with Gasteiger partial charge in [0.1, 0.15) is 11.9 Å². The number of esters is 1. The molecule has 2 fully saturated rings. The highest BCUT2D eigenvalue weighted by Gasteiger charge is 2.57. The van der Waals surface area contributed by atoms with Crippen LogP contribution in [0.1, 0.15) is 128 Å². The summed E-state index contributed by atoms with van der Waals surface area (Å²) < 4.78 is 131. The summed E-state index contributed by atoms with van der Waals surface area (Å²) in [4.78, 5) is 11.5. The number of rotatable bonds is 15. The predicted molar refractivity (Wildman–Crippen MR) is 178 cm³/mol. The fraction of sp³-hybridized carbons (Fsp3) is 0.800. The van der Waals surface area contributed by atoms with E-state index in [-0.39, 0.29) is 35.6 Å². The maximum Gasteiger partial charge on any atom is 0.534 e. The van der Waals surface area contributed by atoms with Crippen molar-refractivity contribution in [2.24, 2.45) is 17.3 Å². The van der Waals surface area contributed by atoms with E-state index in [0.717, 1.165) is 61.8 Å². The Morgan fingerprint density at radius 1 is 0.900 bits per heavy atom. The summed E-state index contributed by atoms with van der Waals surface area (Å²) in [5.74, 6) is -2.74. The third-order valence-electron chi connectivity index (χ3n) is 10.5. The molecule has 2 saturated carbocycles. The molecule has 0 radical (unpaired) electrons. The standard InChI is InChI=1S/C21H25F3O5S.C14H25F5S/c1-12(25)28-19-8-7-18-17-5-3-13-11-14(29-30(26,27)21(22,23)24)4-6-15(13)16(17)9-10-20(18,19)2;1-2-3-4-5-6-7-8-11-20-12-9-10-13(15,16)14(17,18)19/h4,6,11,16-19H,3,5,7-10H2,1-2H3;2-12H2,1H3. The molecule has 5 unspecified atom stereocenters. The van der Waals surface area contributed by atoms with Gasteiger partial charge in [-0.25, -0.2) is 0 Å². The van der Waals surface area contributed by atoms with Crippen LogP contribution in [0.4, 0.5) is 35.1 Å². The Hall–Kier alpha value is -1.77. The molecule has 15 heteroatoms. The number of hydrogen-bond acceptors (Lipinski definition) is 6. The van der Waals surface area contributed by atoms with Crippen LogP contribution in [0, 0.1) is 17.3 Å². The van der Waals surface area contributed by atoms with E-state index in [2.05, 4.69) is 18.0 Å². The van der Waals surface area contributed by atoms with Gasteiger partial charge < -0.3 is 8.92 Å². The van der Waals surface area contributed by atoms with Crippen molar-refractivity contribution in [1.82, 2.24) is 0 Å². The number of fused-ring (bicyclic) bond motifs is 5. The Balaban J connectivity index is 0.000000297. The first-order valence-corrected chi connectivity index (χ1v) is 20.1. The van der Waals surface area contributed by atoms with Crippen molar-refractivity contribution in [3.63, 3.8) is 0 Å². The minimum absolute atomic E-state index is 0.0474. The molecule has 0 saturated heterocycles. The van der Waals surface area contributed by atoms with E-state index in [4.69, 9.17) is 4.74 Å². The Kier molecular flexibility index (Phi) is 15.2. The molecule has 0 heterocycles. The number of thioether (sulfide) groups is 1. The molecular formula is C35H50F8O5S2. The van der Waals surface area contributed by atoms with Gasteiger partial charge >= 0.3 is 33.7 Å². The van der Waals surface area contributed by atoms with Gasteiger partial charge in [-0.1, -0.05) is 58.4 Å². The number of carbonyl (C=O) groups is 1. The van der Waals surface area contributed by atoms with Crippen molar-refractivity contribution in [2.75, 3.05) is 11.5 Å². The Bertz CT molecular complexity index is 1350. The van der Waals surface area contributed by atoms with Crippen LogP contribution in [0.5, 0.6) is 5.75 Å². The number of hydrogen-bond donors (Lipinski definition) is 0. The van der Waals surface area contributed by atoms with Crippen molar-refractivity contribution in [3.8, 4) is 5.75 Å². The van der Waals surface area contributed by atoms with Crippen LogP contribution in [-0.2, 0) is 26.1 Å². The van der Waals surface area contributed by atoms with Gasteiger partial charge in [0, 0.05) is 18.8 Å². The van der Waals surface area contributed by atoms with Crippen molar-refractivity contribution in [3.05, 3.63) is 29.3 Å². The first-order valence-electron chi connectivity index (χ1n) is 17.6. The van der Waals surface area contributed by atoms with Gasteiger partial charge in [0.25, 0.3) is 0 Å². The zero-order valence-electron chi connectivity index (χ0n) is 28.9. The molecule has 0 N–H and O–H groups in total. The van der Waals surface area contributed by atoms with Gasteiger partial charge in [0.2, 0.25) is 0 Å². The molecule has 0 aromatic heterocycles. The summed E-state index contributed by atoms with van der Waals surface area (Å²) in [5.41, 5.74) is -3.58. The number of halogens is 8. The maximum absolute atomic E-state index is 12.6. The molecule has 1 aromatic rings. The molecule has 0 spiro atoms. The van der Waals surface area contributed by atoms with E-state index in [9.17, 15) is 48.3 Å². The molecule has 0 aliphatic heterocycles. The summed E-state index contributed by atoms with van der Waals surface area (Å²) in [6.45, 7) is 5.82. The number of unbranched alkanes of at least 4 members (excludes halogenated alkanes) is 6. The van der Waals surface area contributed by atoms with Gasteiger partial charge in [0.05, 0.1) is 0 Å². The number of ether oxygens (including phenoxy) is 1. The highest BCUT2D eigenvalue weighted by atomic mass is 32.2. The summed E-state index contributed by atoms with van der Waals surface area (Å²) in [6.07, 6.45) is 6.86. The topological polar surface area (TPSA) is 69.7 Å². The summed E-state index contributed by atoms with van der Waals surface area (Å²) in [5, 5.41) is 0. The molecule has 0 bridgehead atoms. The number of carbonyl (C=O) groups excluding carboxylic acids is 1. The van der Waals surface area contributed by atoms with Crippen LogP contribution in [0.25, 0.3) is 0 Å². The summed E-state index contributed by atoms with van der Waals surface area (Å²) >= 11 is 1.47. The maximum atomic E-state index is 12.6. The lowest BCUT2D eigenvalue weighted by Crippen LogP contribution is -2.45. The molecule has 1 aromatic carbocycles. The first-order chi connectivity index (χ1) is 23.2. The van der Waals surface area contributed by atoms with Crippen LogP contribution in [0.2, 0.25) is 0 Å². The average Bonchev–Trinajstić information content (AvgIpc) is 3.34. The summed E-state index contributed by atoms with van der Waals surface area (Å²) in [7, 11) is -5.68. The molecule has 0 amide bonds. The molecule has 3 aliphatic carbocycles. The monoisotopic (exact) mass is 766 g/mol. The van der Waals surface area contributed by atoms with E-state index in [1.807, 2.05) is 0 Å². The molecular weight excluding hydrogens is 716 g/mol. The molecule has 50 heavy (non-hydrogen) atoms. The predicted octanol–water partition coefficient (Wildman–Crippen LogP) is 11.2. The normalized spacial score (nSPS) is 25.1. The van der Waals surface area contributed by atoms with Crippen molar-refractivity contribution < 1.29 is 57.3 Å². The quantitative estimate of drug-likeness (QED) is 0.0582. The molecule has 5 atom stereocenters. The Labute approximate surface area is 295 Å². The summed E-state index contributed by atoms with van der Waals surface area (Å²) in [6, 6.07) is 4.46. The number of aryl methyl sites for hydroxylation is 1. The fourth-order valence-corrected chi connectivity index (χ4v) is 9.34. The van der Waals surface area contributed by atoms with E-state index < -0.39 is 34.1 Å². The third kappa shape index (κ3) is 11.1. The minimum Gasteiger partial charge on any atom is -0.462 e. The molecule has 3 aliphatic rings. The van der Waals surface area contributed by atoms with E-state index in [1.54, 1.807) is 6.07 Å². The van der Waals surface area contributed by atoms with Crippen molar-refractivity contribution in [1.29, 1.82) is 0 Å². The van der Waals surface area contributed by atoms with Crippen LogP contribution in [0.15, 0.2) is 18.2 Å². The first kappa shape index (κ1) is 42.6. The lowest BCUT2D eigenvalue weighted by molar-refractivity contribution is -0.284. The van der Waals surface area contributed by atoms with Gasteiger partial charge in [-0.05, 0) is 104 Å². The Morgan fingerprint density at radius 2 is 1.54 bits per heavy atom. The molecule has 288 valence electrons. The van der Waals surface area contributed by atoms with Crippen LogP contribution in [0.3, 0.4) is 0 Å². The van der Waals surface area contributed by atoms with E-state index in [0.29, 0.717) is 24.0 Å². The molecule has 5 nitrogen and oxygen atoms in total. The van der Waals surface area contributed by atoms with Gasteiger partial charge in [0.15, 0.2) is 0 Å². The van der Waals surface area contributed by atoms with E-state index in [1.165, 1.54) is 62.9 Å². The smallest absolute Gasteiger partial charge is 0.462 e.